The molecular weight excluding hydrogens is 274 g/mol. The molecule has 2 aliphatic rings. The first-order valence-corrected chi connectivity index (χ1v) is 7.92. The third-order valence-corrected chi connectivity index (χ3v) is 4.82. The summed E-state index contributed by atoms with van der Waals surface area (Å²) in [7, 11) is 0. The van der Waals surface area contributed by atoms with E-state index in [4.69, 9.17) is 9.47 Å². The highest BCUT2D eigenvalue weighted by molar-refractivity contribution is 7.10. The molecule has 1 amide bonds. The largest absolute Gasteiger partial charge is 0.444 e. The Bertz CT molecular complexity index is 494. The summed E-state index contributed by atoms with van der Waals surface area (Å²) in [4.78, 5) is 15.3. The second-order valence-corrected chi connectivity index (χ2v) is 7.66. The standard InChI is InChI=1S/C15H21NO3S/c1-14(2,3)19-13(17)16-8-11-7-15(10-16,18-9-11)12-5-4-6-20-12/h4-6,11H,7-10H2,1-3H3. The Morgan fingerprint density at radius 3 is 3.00 bits per heavy atom. The lowest BCUT2D eigenvalue weighted by molar-refractivity contribution is -0.0332. The average molecular weight is 295 g/mol. The molecule has 2 saturated heterocycles. The van der Waals surface area contributed by atoms with Crippen LogP contribution < -0.4 is 0 Å². The van der Waals surface area contributed by atoms with E-state index in [0.29, 0.717) is 12.5 Å². The van der Waals surface area contributed by atoms with Crippen molar-refractivity contribution in [3.05, 3.63) is 22.4 Å². The second kappa shape index (κ2) is 4.74. The molecule has 20 heavy (non-hydrogen) atoms. The molecule has 3 heterocycles. The predicted octanol–water partition coefficient (Wildman–Crippen LogP) is 3.23. The van der Waals surface area contributed by atoms with Gasteiger partial charge in [0.15, 0.2) is 0 Å². The van der Waals surface area contributed by atoms with Gasteiger partial charge in [0, 0.05) is 17.3 Å². The third-order valence-electron chi connectivity index (χ3n) is 3.76. The van der Waals surface area contributed by atoms with Gasteiger partial charge < -0.3 is 14.4 Å². The fourth-order valence-electron chi connectivity index (χ4n) is 3.03. The average Bonchev–Trinajstić information content (AvgIpc) is 2.96. The number of likely N-dealkylation sites (tertiary alicyclic amines) is 1. The van der Waals surface area contributed by atoms with Crippen LogP contribution in [0.1, 0.15) is 32.1 Å². The van der Waals surface area contributed by atoms with Crippen LogP contribution in [0.4, 0.5) is 4.79 Å². The molecule has 2 bridgehead atoms. The van der Waals surface area contributed by atoms with Gasteiger partial charge in [-0.15, -0.1) is 11.3 Å². The molecule has 3 rings (SSSR count). The Hall–Kier alpha value is -1.07. The summed E-state index contributed by atoms with van der Waals surface area (Å²) >= 11 is 1.70. The molecule has 0 N–H and O–H groups in total. The topological polar surface area (TPSA) is 38.8 Å². The van der Waals surface area contributed by atoms with Gasteiger partial charge in [-0.3, -0.25) is 0 Å². The summed E-state index contributed by atoms with van der Waals surface area (Å²) in [6.45, 7) is 7.76. The maximum atomic E-state index is 12.3. The molecule has 0 aromatic carbocycles. The molecule has 110 valence electrons. The molecule has 0 radical (unpaired) electrons. The van der Waals surface area contributed by atoms with Crippen molar-refractivity contribution in [2.75, 3.05) is 19.7 Å². The lowest BCUT2D eigenvalue weighted by Gasteiger charge is -2.38. The zero-order chi connectivity index (χ0) is 14.4. The number of rotatable bonds is 1. The van der Waals surface area contributed by atoms with E-state index in [-0.39, 0.29) is 11.7 Å². The molecule has 4 nitrogen and oxygen atoms in total. The van der Waals surface area contributed by atoms with Crippen molar-refractivity contribution in [3.8, 4) is 0 Å². The van der Waals surface area contributed by atoms with Crippen LogP contribution in [0, 0.1) is 5.92 Å². The van der Waals surface area contributed by atoms with E-state index >= 15 is 0 Å². The van der Waals surface area contributed by atoms with Crippen molar-refractivity contribution in [1.29, 1.82) is 0 Å². The smallest absolute Gasteiger partial charge is 0.410 e. The highest BCUT2D eigenvalue weighted by atomic mass is 32.1. The Labute approximate surface area is 123 Å². The fraction of sp³-hybridized carbons (Fsp3) is 0.667. The molecule has 1 aromatic heterocycles. The van der Waals surface area contributed by atoms with Crippen molar-refractivity contribution in [2.24, 2.45) is 5.92 Å². The summed E-state index contributed by atoms with van der Waals surface area (Å²) in [6.07, 6.45) is 0.779. The van der Waals surface area contributed by atoms with Crippen LogP contribution in [0.5, 0.6) is 0 Å². The molecule has 2 atom stereocenters. The van der Waals surface area contributed by atoms with E-state index in [2.05, 4.69) is 11.4 Å². The number of nitrogens with zero attached hydrogens (tertiary/aromatic N) is 1. The molecule has 0 spiro atoms. The van der Waals surface area contributed by atoms with Gasteiger partial charge in [-0.25, -0.2) is 4.79 Å². The number of fused-ring (bicyclic) bond motifs is 2. The van der Waals surface area contributed by atoms with Crippen molar-refractivity contribution in [1.82, 2.24) is 4.90 Å². The number of carbonyl (C=O) groups is 1. The minimum absolute atomic E-state index is 0.228. The maximum Gasteiger partial charge on any atom is 0.410 e. The van der Waals surface area contributed by atoms with Gasteiger partial charge >= 0.3 is 6.09 Å². The van der Waals surface area contributed by atoms with Gasteiger partial charge in [-0.05, 0) is 38.6 Å². The maximum absolute atomic E-state index is 12.3. The van der Waals surface area contributed by atoms with Gasteiger partial charge in [0.2, 0.25) is 0 Å². The zero-order valence-corrected chi connectivity index (χ0v) is 13.0. The van der Waals surface area contributed by atoms with E-state index in [9.17, 15) is 4.79 Å². The van der Waals surface area contributed by atoms with Crippen LogP contribution in [-0.4, -0.2) is 36.3 Å². The SMILES string of the molecule is CC(C)(C)OC(=O)N1CC2COC(c3cccs3)(C2)C1. The van der Waals surface area contributed by atoms with Gasteiger partial charge in [-0.2, -0.15) is 0 Å². The van der Waals surface area contributed by atoms with E-state index in [1.54, 1.807) is 11.3 Å². The van der Waals surface area contributed by atoms with Crippen molar-refractivity contribution < 1.29 is 14.3 Å². The number of ether oxygens (including phenoxy) is 2. The van der Waals surface area contributed by atoms with Gasteiger partial charge in [0.25, 0.3) is 0 Å². The Morgan fingerprint density at radius 1 is 1.55 bits per heavy atom. The summed E-state index contributed by atoms with van der Waals surface area (Å²) in [6, 6.07) is 4.14. The summed E-state index contributed by atoms with van der Waals surface area (Å²) in [5, 5.41) is 2.06. The normalized spacial score (nSPS) is 29.6. The lowest BCUT2D eigenvalue weighted by atomic mass is 9.88. The Morgan fingerprint density at radius 2 is 2.35 bits per heavy atom. The van der Waals surface area contributed by atoms with Crippen molar-refractivity contribution in [3.63, 3.8) is 0 Å². The monoisotopic (exact) mass is 295 g/mol. The second-order valence-electron chi connectivity index (χ2n) is 6.71. The van der Waals surface area contributed by atoms with E-state index < -0.39 is 5.60 Å². The predicted molar refractivity (Wildman–Crippen MR) is 77.9 cm³/mol. The minimum atomic E-state index is -0.454. The number of carbonyl (C=O) groups excluding carboxylic acids is 1. The third kappa shape index (κ3) is 2.56. The van der Waals surface area contributed by atoms with Crippen LogP contribution in [0.15, 0.2) is 17.5 Å². The van der Waals surface area contributed by atoms with E-state index in [0.717, 1.165) is 19.6 Å². The van der Waals surface area contributed by atoms with E-state index in [1.165, 1.54) is 4.88 Å². The summed E-state index contributed by atoms with van der Waals surface area (Å²) in [5.41, 5.74) is -0.765. The molecule has 0 aliphatic carbocycles. The number of piperidine rings is 1. The first-order valence-electron chi connectivity index (χ1n) is 7.04. The van der Waals surface area contributed by atoms with Crippen LogP contribution in [0.2, 0.25) is 0 Å². The molecule has 5 heteroatoms. The Balaban J connectivity index is 1.78. The molecule has 2 unspecified atom stereocenters. The van der Waals surface area contributed by atoms with Crippen LogP contribution in [0.25, 0.3) is 0 Å². The minimum Gasteiger partial charge on any atom is -0.444 e. The number of amides is 1. The summed E-state index contributed by atoms with van der Waals surface area (Å²) < 4.78 is 11.6. The molecule has 0 saturated carbocycles. The highest BCUT2D eigenvalue weighted by Crippen LogP contribution is 2.45. The first kappa shape index (κ1) is 13.9. The molecule has 1 aromatic rings. The van der Waals surface area contributed by atoms with Gasteiger partial charge in [-0.1, -0.05) is 6.07 Å². The summed E-state index contributed by atoms with van der Waals surface area (Å²) in [5.74, 6) is 0.415. The quantitative estimate of drug-likeness (QED) is 0.798. The van der Waals surface area contributed by atoms with Gasteiger partial charge in [0.1, 0.15) is 11.2 Å². The van der Waals surface area contributed by atoms with Crippen LogP contribution in [-0.2, 0) is 15.1 Å². The number of thiophene rings is 1. The highest BCUT2D eigenvalue weighted by Gasteiger charge is 2.49. The lowest BCUT2D eigenvalue weighted by Crippen LogP contribution is -2.49. The number of hydrogen-bond acceptors (Lipinski definition) is 4. The zero-order valence-electron chi connectivity index (χ0n) is 12.2. The van der Waals surface area contributed by atoms with E-state index in [1.807, 2.05) is 31.7 Å². The van der Waals surface area contributed by atoms with Crippen LogP contribution in [0.3, 0.4) is 0 Å². The molecular formula is C15H21NO3S. The molecule has 2 fully saturated rings. The van der Waals surface area contributed by atoms with Gasteiger partial charge in [0.05, 0.1) is 13.2 Å². The molecule has 2 aliphatic heterocycles. The first-order chi connectivity index (χ1) is 9.38. The van der Waals surface area contributed by atoms with Crippen LogP contribution >= 0.6 is 11.3 Å². The number of hydrogen-bond donors (Lipinski definition) is 0. The fourth-order valence-corrected chi connectivity index (χ4v) is 3.91. The Kier molecular flexibility index (Phi) is 3.29. The van der Waals surface area contributed by atoms with Crippen molar-refractivity contribution in [2.45, 2.75) is 38.4 Å². The van der Waals surface area contributed by atoms with Crippen molar-refractivity contribution >= 4 is 17.4 Å².